The topological polar surface area (TPSA) is 29.3 Å². The predicted molar refractivity (Wildman–Crippen MR) is 85.2 cm³/mol. The van der Waals surface area contributed by atoms with Crippen LogP contribution in [-0.4, -0.2) is 38.4 Å². The summed E-state index contributed by atoms with van der Waals surface area (Å²) in [6.45, 7) is 4.09. The van der Waals surface area contributed by atoms with E-state index in [0.717, 1.165) is 29.7 Å². The molecule has 2 aromatic rings. The first-order valence-electron chi connectivity index (χ1n) is 6.67. The number of nitrogens with zero attached hydrogens (tertiary/aromatic N) is 2. The summed E-state index contributed by atoms with van der Waals surface area (Å²) in [5, 5.41) is 4.36. The minimum absolute atomic E-state index is 0.762. The number of pyridine rings is 1. The Morgan fingerprint density at radius 2 is 2.37 bits per heavy atom. The molecule has 1 aliphatic rings. The van der Waals surface area contributed by atoms with E-state index < -0.39 is 0 Å². The van der Waals surface area contributed by atoms with E-state index in [1.807, 2.05) is 6.07 Å². The standard InChI is InChI=1S/C14H19N3S2/c1-11-13(17-5-3-2-4-14(17)16-11)9-15-8-12-10-18-6-7-19-12/h2-5,12,15H,6-10H2,1H3. The zero-order valence-electron chi connectivity index (χ0n) is 11.1. The van der Waals surface area contributed by atoms with Crippen LogP contribution in [0.25, 0.3) is 5.65 Å². The second-order valence-corrected chi connectivity index (χ2v) is 7.33. The molecular weight excluding hydrogens is 274 g/mol. The van der Waals surface area contributed by atoms with Gasteiger partial charge in [0.25, 0.3) is 0 Å². The highest BCUT2D eigenvalue weighted by Crippen LogP contribution is 2.23. The van der Waals surface area contributed by atoms with Gasteiger partial charge in [-0.25, -0.2) is 4.98 Å². The zero-order chi connectivity index (χ0) is 13.1. The van der Waals surface area contributed by atoms with E-state index in [2.05, 4.69) is 63.5 Å². The Morgan fingerprint density at radius 1 is 1.42 bits per heavy atom. The molecule has 0 aliphatic carbocycles. The summed E-state index contributed by atoms with van der Waals surface area (Å²) in [5.74, 6) is 3.89. The minimum Gasteiger partial charge on any atom is -0.310 e. The molecule has 5 heteroatoms. The van der Waals surface area contributed by atoms with E-state index in [9.17, 15) is 0 Å². The van der Waals surface area contributed by atoms with Gasteiger partial charge in [0.1, 0.15) is 5.65 Å². The molecule has 1 unspecified atom stereocenters. The fourth-order valence-corrected chi connectivity index (χ4v) is 5.03. The van der Waals surface area contributed by atoms with E-state index in [1.165, 1.54) is 23.0 Å². The van der Waals surface area contributed by atoms with Crippen LogP contribution in [0.2, 0.25) is 0 Å². The van der Waals surface area contributed by atoms with Crippen molar-refractivity contribution in [2.75, 3.05) is 23.8 Å². The number of thioether (sulfide) groups is 2. The quantitative estimate of drug-likeness (QED) is 0.938. The number of nitrogens with one attached hydrogen (secondary N) is 1. The van der Waals surface area contributed by atoms with Crippen LogP contribution in [0.1, 0.15) is 11.4 Å². The lowest BCUT2D eigenvalue weighted by Gasteiger charge is -2.21. The van der Waals surface area contributed by atoms with Gasteiger partial charge in [-0.05, 0) is 19.1 Å². The Balaban J connectivity index is 1.63. The second-order valence-electron chi connectivity index (χ2n) is 4.77. The third-order valence-electron chi connectivity index (χ3n) is 3.38. The molecular formula is C14H19N3S2. The van der Waals surface area contributed by atoms with Crippen LogP contribution in [0.3, 0.4) is 0 Å². The lowest BCUT2D eigenvalue weighted by Crippen LogP contribution is -2.29. The molecule has 1 N–H and O–H groups in total. The van der Waals surface area contributed by atoms with Gasteiger partial charge in [0.2, 0.25) is 0 Å². The third-order valence-corrected chi connectivity index (χ3v) is 6.22. The average molecular weight is 293 g/mol. The lowest BCUT2D eigenvalue weighted by molar-refractivity contribution is 0.667. The summed E-state index contributed by atoms with van der Waals surface area (Å²) in [5.41, 5.74) is 3.45. The van der Waals surface area contributed by atoms with Gasteiger partial charge in [-0.15, -0.1) is 0 Å². The summed E-state index contributed by atoms with van der Waals surface area (Å²) in [4.78, 5) is 4.59. The first-order valence-corrected chi connectivity index (χ1v) is 8.87. The highest BCUT2D eigenvalue weighted by Gasteiger charge is 2.14. The number of aromatic nitrogens is 2. The van der Waals surface area contributed by atoms with Gasteiger partial charge in [-0.3, -0.25) is 0 Å². The monoisotopic (exact) mass is 293 g/mol. The first kappa shape index (κ1) is 13.3. The van der Waals surface area contributed by atoms with Crippen LogP contribution in [-0.2, 0) is 6.54 Å². The highest BCUT2D eigenvalue weighted by molar-refractivity contribution is 8.06. The van der Waals surface area contributed by atoms with Crippen molar-refractivity contribution in [3.8, 4) is 0 Å². The molecule has 1 atom stereocenters. The molecule has 3 nitrogen and oxygen atoms in total. The molecule has 0 radical (unpaired) electrons. The second kappa shape index (κ2) is 6.20. The summed E-state index contributed by atoms with van der Waals surface area (Å²) in [6.07, 6.45) is 2.09. The summed E-state index contributed by atoms with van der Waals surface area (Å²) >= 11 is 4.18. The minimum atomic E-state index is 0.762. The third kappa shape index (κ3) is 3.09. The van der Waals surface area contributed by atoms with Gasteiger partial charge in [0, 0.05) is 41.8 Å². The van der Waals surface area contributed by atoms with Crippen molar-refractivity contribution in [1.82, 2.24) is 14.7 Å². The van der Waals surface area contributed by atoms with Gasteiger partial charge in [-0.1, -0.05) is 6.07 Å². The maximum atomic E-state index is 4.59. The number of fused-ring (bicyclic) bond motifs is 1. The Labute approximate surface area is 122 Å². The van der Waals surface area contributed by atoms with Crippen molar-refractivity contribution in [3.05, 3.63) is 35.8 Å². The van der Waals surface area contributed by atoms with Crippen LogP contribution in [0.15, 0.2) is 24.4 Å². The van der Waals surface area contributed by atoms with Crippen molar-refractivity contribution in [2.24, 2.45) is 0 Å². The Hall–Kier alpha value is -0.650. The number of hydrogen-bond donors (Lipinski definition) is 1. The van der Waals surface area contributed by atoms with E-state index in [1.54, 1.807) is 0 Å². The smallest absolute Gasteiger partial charge is 0.137 e. The SMILES string of the molecule is Cc1nc2ccccn2c1CNCC1CSCCS1. The predicted octanol–water partition coefficient (Wildman–Crippen LogP) is 2.58. The highest BCUT2D eigenvalue weighted by atomic mass is 32.2. The Kier molecular flexibility index (Phi) is 4.35. The Morgan fingerprint density at radius 3 is 3.21 bits per heavy atom. The van der Waals surface area contributed by atoms with Gasteiger partial charge >= 0.3 is 0 Å². The van der Waals surface area contributed by atoms with Crippen LogP contribution >= 0.6 is 23.5 Å². The van der Waals surface area contributed by atoms with Crippen LogP contribution in [0.4, 0.5) is 0 Å². The first-order chi connectivity index (χ1) is 9.34. The van der Waals surface area contributed by atoms with Crippen molar-refractivity contribution in [1.29, 1.82) is 0 Å². The van der Waals surface area contributed by atoms with Gasteiger partial charge in [0.15, 0.2) is 0 Å². The largest absolute Gasteiger partial charge is 0.310 e. The molecule has 2 aromatic heterocycles. The van der Waals surface area contributed by atoms with E-state index >= 15 is 0 Å². The normalized spacial score (nSPS) is 19.9. The molecule has 1 fully saturated rings. The van der Waals surface area contributed by atoms with Crippen molar-refractivity contribution in [2.45, 2.75) is 18.7 Å². The number of rotatable bonds is 4. The van der Waals surface area contributed by atoms with Crippen LogP contribution in [0, 0.1) is 6.92 Å². The zero-order valence-corrected chi connectivity index (χ0v) is 12.8. The molecule has 0 amide bonds. The lowest BCUT2D eigenvalue weighted by atomic mass is 10.3. The maximum Gasteiger partial charge on any atom is 0.137 e. The molecule has 3 rings (SSSR count). The molecule has 0 aromatic carbocycles. The summed E-state index contributed by atoms with van der Waals surface area (Å²) in [6, 6.07) is 6.16. The molecule has 3 heterocycles. The van der Waals surface area contributed by atoms with Crippen LogP contribution < -0.4 is 5.32 Å². The van der Waals surface area contributed by atoms with E-state index in [0.29, 0.717) is 0 Å². The van der Waals surface area contributed by atoms with Crippen molar-refractivity contribution >= 4 is 29.2 Å². The van der Waals surface area contributed by atoms with Crippen molar-refractivity contribution in [3.63, 3.8) is 0 Å². The molecule has 19 heavy (non-hydrogen) atoms. The van der Waals surface area contributed by atoms with Gasteiger partial charge < -0.3 is 9.72 Å². The Bertz CT molecular complexity index is 547. The van der Waals surface area contributed by atoms with E-state index in [-0.39, 0.29) is 0 Å². The fraction of sp³-hybridized carbons (Fsp3) is 0.500. The molecule has 0 spiro atoms. The number of aryl methyl sites for hydroxylation is 1. The van der Waals surface area contributed by atoms with Gasteiger partial charge in [0.05, 0.1) is 11.4 Å². The number of hydrogen-bond acceptors (Lipinski definition) is 4. The van der Waals surface area contributed by atoms with Crippen molar-refractivity contribution < 1.29 is 0 Å². The molecule has 102 valence electrons. The maximum absolute atomic E-state index is 4.59. The summed E-state index contributed by atoms with van der Waals surface area (Å²) < 4.78 is 2.19. The molecule has 0 saturated carbocycles. The summed E-state index contributed by atoms with van der Waals surface area (Å²) in [7, 11) is 0. The average Bonchev–Trinajstić information content (AvgIpc) is 2.76. The molecule has 1 saturated heterocycles. The molecule has 1 aliphatic heterocycles. The van der Waals surface area contributed by atoms with Crippen LogP contribution in [0.5, 0.6) is 0 Å². The fourth-order valence-electron chi connectivity index (χ4n) is 2.38. The van der Waals surface area contributed by atoms with E-state index in [4.69, 9.17) is 0 Å². The van der Waals surface area contributed by atoms with Gasteiger partial charge in [-0.2, -0.15) is 23.5 Å². The number of imidazole rings is 1. The molecule has 0 bridgehead atoms.